The zero-order valence-electron chi connectivity index (χ0n) is 16.7. The highest BCUT2D eigenvalue weighted by Gasteiger charge is 2.10. The van der Waals surface area contributed by atoms with Gasteiger partial charge in [0.25, 0.3) is 5.69 Å². The SMILES string of the molecule is CCc1ccc(C(=O)/C=C/c2ccc(OC)c(COc3cccc([N+](=O)[O-])c3)c2)s1. The number of carbonyl (C=O) groups excluding carboxylic acids is 1. The Balaban J connectivity index is 1.74. The molecule has 0 unspecified atom stereocenters. The number of ether oxygens (including phenoxy) is 2. The van der Waals surface area contributed by atoms with Gasteiger partial charge in [0.15, 0.2) is 5.78 Å². The number of thiophene rings is 1. The first-order valence-electron chi connectivity index (χ1n) is 9.35. The molecule has 154 valence electrons. The summed E-state index contributed by atoms with van der Waals surface area (Å²) in [5, 5.41) is 10.9. The van der Waals surface area contributed by atoms with E-state index >= 15 is 0 Å². The third-order valence-corrected chi connectivity index (χ3v) is 5.65. The molecule has 0 N–H and O–H groups in total. The number of hydrogen-bond donors (Lipinski definition) is 0. The summed E-state index contributed by atoms with van der Waals surface area (Å²) in [6.45, 7) is 2.23. The molecule has 2 aromatic carbocycles. The Labute approximate surface area is 178 Å². The quantitative estimate of drug-likeness (QED) is 0.191. The molecule has 0 amide bonds. The molecule has 0 saturated heterocycles. The lowest BCUT2D eigenvalue weighted by Gasteiger charge is -2.11. The number of nitrogens with zero attached hydrogens (tertiary/aromatic N) is 1. The molecule has 1 aromatic heterocycles. The summed E-state index contributed by atoms with van der Waals surface area (Å²) >= 11 is 1.51. The molecule has 6 nitrogen and oxygen atoms in total. The number of rotatable bonds is 9. The van der Waals surface area contributed by atoms with Crippen molar-refractivity contribution in [1.82, 2.24) is 0 Å². The molecule has 30 heavy (non-hydrogen) atoms. The average molecular weight is 423 g/mol. The highest BCUT2D eigenvalue weighted by Crippen LogP contribution is 2.25. The summed E-state index contributed by atoms with van der Waals surface area (Å²) in [4.78, 5) is 24.7. The molecular weight excluding hydrogens is 402 g/mol. The Morgan fingerprint density at radius 3 is 2.70 bits per heavy atom. The van der Waals surface area contributed by atoms with Crippen molar-refractivity contribution < 1.29 is 19.2 Å². The number of carbonyl (C=O) groups is 1. The summed E-state index contributed by atoms with van der Waals surface area (Å²) in [5.74, 6) is 0.992. The van der Waals surface area contributed by atoms with E-state index in [0.717, 1.165) is 17.5 Å². The number of ketones is 1. The van der Waals surface area contributed by atoms with E-state index in [2.05, 4.69) is 6.92 Å². The van der Waals surface area contributed by atoms with Crippen molar-refractivity contribution in [2.24, 2.45) is 0 Å². The van der Waals surface area contributed by atoms with E-state index in [9.17, 15) is 14.9 Å². The van der Waals surface area contributed by atoms with E-state index in [1.165, 1.54) is 28.3 Å². The number of allylic oxidation sites excluding steroid dienone is 1. The lowest BCUT2D eigenvalue weighted by Crippen LogP contribution is -2.00. The number of hydrogen-bond acceptors (Lipinski definition) is 6. The minimum absolute atomic E-state index is 0.0329. The van der Waals surface area contributed by atoms with Crippen molar-refractivity contribution in [1.29, 1.82) is 0 Å². The lowest BCUT2D eigenvalue weighted by atomic mass is 10.1. The van der Waals surface area contributed by atoms with Crippen LogP contribution in [0, 0.1) is 10.1 Å². The summed E-state index contributed by atoms with van der Waals surface area (Å²) in [6, 6.07) is 15.4. The Morgan fingerprint density at radius 1 is 1.17 bits per heavy atom. The van der Waals surface area contributed by atoms with Crippen LogP contribution >= 0.6 is 11.3 Å². The molecule has 0 bridgehead atoms. The van der Waals surface area contributed by atoms with Crippen LogP contribution in [0.3, 0.4) is 0 Å². The smallest absolute Gasteiger partial charge is 0.273 e. The van der Waals surface area contributed by atoms with Crippen LogP contribution in [-0.4, -0.2) is 17.8 Å². The van der Waals surface area contributed by atoms with Gasteiger partial charge in [0.2, 0.25) is 0 Å². The van der Waals surface area contributed by atoms with Crippen molar-refractivity contribution >= 4 is 28.9 Å². The first-order chi connectivity index (χ1) is 14.5. The van der Waals surface area contributed by atoms with Gasteiger partial charge in [-0.25, -0.2) is 0 Å². The van der Waals surface area contributed by atoms with Gasteiger partial charge in [0.1, 0.15) is 18.1 Å². The molecule has 0 atom stereocenters. The third-order valence-electron chi connectivity index (χ3n) is 4.41. The number of non-ortho nitro benzene ring substituents is 1. The second kappa shape index (κ2) is 9.84. The maximum Gasteiger partial charge on any atom is 0.273 e. The van der Waals surface area contributed by atoms with E-state index in [1.54, 1.807) is 37.5 Å². The molecule has 0 aliphatic heterocycles. The molecule has 0 radical (unpaired) electrons. The van der Waals surface area contributed by atoms with Crippen LogP contribution in [0.4, 0.5) is 5.69 Å². The molecule has 3 aromatic rings. The third kappa shape index (κ3) is 5.33. The first-order valence-corrected chi connectivity index (χ1v) is 10.2. The van der Waals surface area contributed by atoms with Gasteiger partial charge >= 0.3 is 0 Å². The number of nitro benzene ring substituents is 1. The van der Waals surface area contributed by atoms with Gasteiger partial charge in [-0.2, -0.15) is 0 Å². The summed E-state index contributed by atoms with van der Waals surface area (Å²) < 4.78 is 11.1. The lowest BCUT2D eigenvalue weighted by molar-refractivity contribution is -0.384. The monoisotopic (exact) mass is 423 g/mol. The van der Waals surface area contributed by atoms with Gasteiger partial charge in [-0.3, -0.25) is 14.9 Å². The van der Waals surface area contributed by atoms with Crippen molar-refractivity contribution in [3.05, 3.63) is 91.7 Å². The normalized spacial score (nSPS) is 10.9. The van der Waals surface area contributed by atoms with Crippen LogP contribution in [0.2, 0.25) is 0 Å². The highest BCUT2D eigenvalue weighted by molar-refractivity contribution is 7.14. The van der Waals surface area contributed by atoms with Crippen LogP contribution in [0.1, 0.15) is 32.6 Å². The maximum atomic E-state index is 12.4. The van der Waals surface area contributed by atoms with Crippen LogP contribution in [0.25, 0.3) is 6.08 Å². The van der Waals surface area contributed by atoms with Crippen molar-refractivity contribution in [2.45, 2.75) is 20.0 Å². The molecular formula is C23H21NO5S. The van der Waals surface area contributed by atoms with Crippen LogP contribution in [-0.2, 0) is 13.0 Å². The Morgan fingerprint density at radius 2 is 2.00 bits per heavy atom. The molecule has 0 aliphatic carbocycles. The maximum absolute atomic E-state index is 12.4. The zero-order chi connectivity index (χ0) is 21.5. The molecule has 1 heterocycles. The summed E-state index contributed by atoms with van der Waals surface area (Å²) in [7, 11) is 1.56. The predicted molar refractivity (Wildman–Crippen MR) is 117 cm³/mol. The first kappa shape index (κ1) is 21.3. The fraction of sp³-hybridized carbons (Fsp3) is 0.174. The Hall–Kier alpha value is -3.45. The van der Waals surface area contributed by atoms with E-state index in [0.29, 0.717) is 16.4 Å². The second-order valence-electron chi connectivity index (χ2n) is 6.43. The largest absolute Gasteiger partial charge is 0.496 e. The van der Waals surface area contributed by atoms with Gasteiger partial charge in [0, 0.05) is 16.5 Å². The summed E-state index contributed by atoms with van der Waals surface area (Å²) in [6.07, 6.45) is 4.22. The van der Waals surface area contributed by atoms with Crippen LogP contribution < -0.4 is 9.47 Å². The molecule has 7 heteroatoms. The van der Waals surface area contributed by atoms with Gasteiger partial charge in [0.05, 0.1) is 23.0 Å². The van der Waals surface area contributed by atoms with E-state index in [4.69, 9.17) is 9.47 Å². The van der Waals surface area contributed by atoms with Gasteiger partial charge in [-0.15, -0.1) is 11.3 Å². The second-order valence-corrected chi connectivity index (χ2v) is 7.60. The van der Waals surface area contributed by atoms with Crippen molar-refractivity contribution in [3.8, 4) is 11.5 Å². The standard InChI is InChI=1S/C23H21NO5S/c1-3-20-9-12-23(30-20)21(25)10-7-16-8-11-22(28-2)17(13-16)15-29-19-6-4-5-18(14-19)24(26)27/h4-14H,3,15H2,1-2H3/b10-7+. The van der Waals surface area contributed by atoms with Crippen molar-refractivity contribution in [2.75, 3.05) is 7.11 Å². The highest BCUT2D eigenvalue weighted by atomic mass is 32.1. The molecule has 0 saturated carbocycles. The summed E-state index contributed by atoms with van der Waals surface area (Å²) in [5.41, 5.74) is 1.56. The van der Waals surface area contributed by atoms with Crippen LogP contribution in [0.5, 0.6) is 11.5 Å². The number of aryl methyl sites for hydroxylation is 1. The molecule has 0 spiro atoms. The van der Waals surface area contributed by atoms with Gasteiger partial charge in [-0.1, -0.05) is 25.1 Å². The number of nitro groups is 1. The predicted octanol–water partition coefficient (Wildman–Crippen LogP) is 5.70. The fourth-order valence-electron chi connectivity index (χ4n) is 2.82. The fourth-order valence-corrected chi connectivity index (χ4v) is 3.68. The Bertz CT molecular complexity index is 1090. The average Bonchev–Trinajstić information content (AvgIpc) is 3.25. The van der Waals surface area contributed by atoms with Crippen LogP contribution in [0.15, 0.2) is 60.7 Å². The minimum atomic E-state index is -0.465. The molecule has 3 rings (SSSR count). The zero-order valence-corrected chi connectivity index (χ0v) is 17.5. The van der Waals surface area contributed by atoms with Gasteiger partial charge < -0.3 is 9.47 Å². The molecule has 0 aliphatic rings. The van der Waals surface area contributed by atoms with Gasteiger partial charge in [-0.05, 0) is 48.4 Å². The Kier molecular flexibility index (Phi) is 6.98. The minimum Gasteiger partial charge on any atom is -0.496 e. The van der Waals surface area contributed by atoms with Crippen molar-refractivity contribution in [3.63, 3.8) is 0 Å². The van der Waals surface area contributed by atoms with E-state index in [1.807, 2.05) is 24.3 Å². The topological polar surface area (TPSA) is 78.7 Å². The molecule has 0 fully saturated rings. The number of methoxy groups -OCH3 is 1. The van der Waals surface area contributed by atoms with E-state index in [-0.39, 0.29) is 18.1 Å². The van der Waals surface area contributed by atoms with E-state index < -0.39 is 4.92 Å². The number of benzene rings is 2.